The minimum Gasteiger partial charge on any atom is -0.379 e. The van der Waals surface area contributed by atoms with Gasteiger partial charge >= 0.3 is 0 Å². The number of hydrogen-bond donors (Lipinski definition) is 1. The first-order chi connectivity index (χ1) is 8.63. The first-order valence-electron chi connectivity index (χ1n) is 6.03. The smallest absolute Gasteiger partial charge is 0.251 e. The third-order valence-electron chi connectivity index (χ3n) is 2.31. The number of nitrogens with zero attached hydrogens (tertiary/aromatic N) is 1. The van der Waals surface area contributed by atoms with Gasteiger partial charge in [-0.1, -0.05) is 6.07 Å². The molecule has 4 nitrogen and oxygen atoms in total. The van der Waals surface area contributed by atoms with Gasteiger partial charge in [-0.2, -0.15) is 5.26 Å². The lowest BCUT2D eigenvalue weighted by Crippen LogP contribution is -2.25. The molecule has 0 saturated heterocycles. The van der Waals surface area contributed by atoms with E-state index in [4.69, 9.17) is 10.00 Å². The second-order valence-electron chi connectivity index (χ2n) is 4.22. The van der Waals surface area contributed by atoms with Gasteiger partial charge in [0, 0.05) is 18.7 Å². The fourth-order valence-electron chi connectivity index (χ4n) is 1.43. The lowest BCUT2D eigenvalue weighted by Gasteiger charge is -2.08. The van der Waals surface area contributed by atoms with Crippen LogP contribution in [0, 0.1) is 11.3 Å². The Balaban J connectivity index is 2.34. The molecule has 1 N–H and O–H groups in total. The van der Waals surface area contributed by atoms with Crippen LogP contribution in [0.4, 0.5) is 0 Å². The predicted octanol–water partition coefficient (Wildman–Crippen LogP) is 2.10. The van der Waals surface area contributed by atoms with Crippen LogP contribution in [0.3, 0.4) is 0 Å². The van der Waals surface area contributed by atoms with Gasteiger partial charge in [-0.25, -0.2) is 0 Å². The van der Waals surface area contributed by atoms with Crippen LogP contribution in [-0.2, 0) is 4.74 Å². The summed E-state index contributed by atoms with van der Waals surface area (Å²) in [5, 5.41) is 11.5. The summed E-state index contributed by atoms with van der Waals surface area (Å²) in [4.78, 5) is 11.7. The van der Waals surface area contributed by atoms with Gasteiger partial charge in [0.15, 0.2) is 0 Å². The van der Waals surface area contributed by atoms with E-state index < -0.39 is 0 Å². The summed E-state index contributed by atoms with van der Waals surface area (Å²) >= 11 is 0. The highest BCUT2D eigenvalue weighted by atomic mass is 16.5. The van der Waals surface area contributed by atoms with E-state index in [0.29, 0.717) is 24.3 Å². The number of benzene rings is 1. The molecule has 0 heterocycles. The lowest BCUT2D eigenvalue weighted by molar-refractivity contribution is 0.0757. The maximum Gasteiger partial charge on any atom is 0.251 e. The molecule has 1 rings (SSSR count). The molecule has 1 aromatic carbocycles. The molecule has 0 spiro atoms. The Hall–Kier alpha value is -1.86. The van der Waals surface area contributed by atoms with E-state index in [9.17, 15) is 4.79 Å². The molecule has 0 bridgehead atoms. The number of nitrogens with one attached hydrogen (secondary N) is 1. The zero-order valence-electron chi connectivity index (χ0n) is 10.8. The summed E-state index contributed by atoms with van der Waals surface area (Å²) < 4.78 is 5.37. The van der Waals surface area contributed by atoms with Crippen LogP contribution in [0.2, 0.25) is 0 Å². The molecule has 96 valence electrons. The number of amides is 1. The maximum absolute atomic E-state index is 11.7. The van der Waals surface area contributed by atoms with Crippen molar-refractivity contribution >= 4 is 5.91 Å². The first-order valence-corrected chi connectivity index (χ1v) is 6.03. The molecule has 1 amide bonds. The average Bonchev–Trinajstić information content (AvgIpc) is 2.37. The Bertz CT molecular complexity index is 436. The van der Waals surface area contributed by atoms with Gasteiger partial charge in [-0.3, -0.25) is 4.79 Å². The molecule has 0 radical (unpaired) electrons. The van der Waals surface area contributed by atoms with Crippen molar-refractivity contribution in [1.29, 1.82) is 5.26 Å². The van der Waals surface area contributed by atoms with Crippen molar-refractivity contribution < 1.29 is 9.53 Å². The van der Waals surface area contributed by atoms with Crippen LogP contribution in [-0.4, -0.2) is 25.2 Å². The van der Waals surface area contributed by atoms with Crippen LogP contribution in [0.5, 0.6) is 0 Å². The molecule has 0 fully saturated rings. The second kappa shape index (κ2) is 7.46. The van der Waals surface area contributed by atoms with E-state index in [-0.39, 0.29) is 12.0 Å². The maximum atomic E-state index is 11.7. The average molecular weight is 246 g/mol. The van der Waals surface area contributed by atoms with Gasteiger partial charge in [0.2, 0.25) is 0 Å². The molecule has 0 aliphatic rings. The summed E-state index contributed by atoms with van der Waals surface area (Å²) in [6.07, 6.45) is 0.995. The predicted molar refractivity (Wildman–Crippen MR) is 69.2 cm³/mol. The van der Waals surface area contributed by atoms with E-state index in [0.717, 1.165) is 6.42 Å². The molecule has 4 heteroatoms. The lowest BCUT2D eigenvalue weighted by atomic mass is 10.1. The molecular weight excluding hydrogens is 228 g/mol. The molecule has 0 aliphatic carbocycles. The van der Waals surface area contributed by atoms with Crippen molar-refractivity contribution in [2.24, 2.45) is 0 Å². The van der Waals surface area contributed by atoms with Crippen LogP contribution < -0.4 is 5.32 Å². The van der Waals surface area contributed by atoms with Gasteiger partial charge in [-0.05, 0) is 38.5 Å². The largest absolute Gasteiger partial charge is 0.379 e. The monoisotopic (exact) mass is 246 g/mol. The van der Waals surface area contributed by atoms with Gasteiger partial charge in [-0.15, -0.1) is 0 Å². The van der Waals surface area contributed by atoms with Crippen LogP contribution in [0.15, 0.2) is 24.3 Å². The summed E-state index contributed by atoms with van der Waals surface area (Å²) in [6, 6.07) is 8.67. The zero-order valence-corrected chi connectivity index (χ0v) is 10.8. The molecular formula is C14H18N2O2. The molecule has 0 unspecified atom stereocenters. The molecule has 0 saturated carbocycles. The van der Waals surface area contributed by atoms with Crippen LogP contribution >= 0.6 is 0 Å². The Morgan fingerprint density at radius 2 is 2.28 bits per heavy atom. The first kappa shape index (κ1) is 14.2. The molecule has 1 aromatic rings. The van der Waals surface area contributed by atoms with E-state index in [2.05, 4.69) is 5.32 Å². The van der Waals surface area contributed by atoms with Crippen molar-refractivity contribution in [3.63, 3.8) is 0 Å². The fourth-order valence-corrected chi connectivity index (χ4v) is 1.43. The summed E-state index contributed by atoms with van der Waals surface area (Å²) in [6.45, 7) is 5.16. The summed E-state index contributed by atoms with van der Waals surface area (Å²) in [5.74, 6) is -0.156. The van der Waals surface area contributed by atoms with Crippen molar-refractivity contribution in [2.45, 2.75) is 26.4 Å². The van der Waals surface area contributed by atoms with Gasteiger partial charge < -0.3 is 10.1 Å². The summed E-state index contributed by atoms with van der Waals surface area (Å²) in [7, 11) is 0. The molecule has 18 heavy (non-hydrogen) atoms. The van der Waals surface area contributed by atoms with E-state index in [1.165, 1.54) is 0 Å². The normalized spacial score (nSPS) is 10.1. The fraction of sp³-hybridized carbons (Fsp3) is 0.429. The SMILES string of the molecule is CC(C)OCCCNC(=O)c1cccc(C#N)c1. The molecule has 0 aliphatic heterocycles. The minimum absolute atomic E-state index is 0.156. The highest BCUT2D eigenvalue weighted by Gasteiger charge is 2.05. The summed E-state index contributed by atoms with van der Waals surface area (Å²) in [5.41, 5.74) is 1.00. The van der Waals surface area contributed by atoms with Gasteiger partial charge in [0.25, 0.3) is 5.91 Å². The topological polar surface area (TPSA) is 62.1 Å². The molecule has 0 aromatic heterocycles. The number of nitriles is 1. The van der Waals surface area contributed by atoms with Crippen molar-refractivity contribution in [1.82, 2.24) is 5.32 Å². The minimum atomic E-state index is -0.156. The van der Waals surface area contributed by atoms with E-state index >= 15 is 0 Å². The Morgan fingerprint density at radius 1 is 1.50 bits per heavy atom. The van der Waals surface area contributed by atoms with Crippen LogP contribution in [0.1, 0.15) is 36.2 Å². The third-order valence-corrected chi connectivity index (χ3v) is 2.31. The van der Waals surface area contributed by atoms with E-state index in [1.54, 1.807) is 24.3 Å². The highest BCUT2D eigenvalue weighted by molar-refractivity contribution is 5.94. The van der Waals surface area contributed by atoms with Gasteiger partial charge in [0.05, 0.1) is 17.7 Å². The third kappa shape index (κ3) is 4.98. The number of rotatable bonds is 6. The van der Waals surface area contributed by atoms with Crippen molar-refractivity contribution in [3.8, 4) is 6.07 Å². The van der Waals surface area contributed by atoms with Gasteiger partial charge in [0.1, 0.15) is 0 Å². The number of carbonyl (C=O) groups is 1. The Labute approximate surface area is 108 Å². The quantitative estimate of drug-likeness (QED) is 0.782. The van der Waals surface area contributed by atoms with Crippen molar-refractivity contribution in [3.05, 3.63) is 35.4 Å². The highest BCUT2D eigenvalue weighted by Crippen LogP contribution is 2.03. The van der Waals surface area contributed by atoms with Crippen LogP contribution in [0.25, 0.3) is 0 Å². The zero-order chi connectivity index (χ0) is 13.4. The standard InChI is InChI=1S/C14H18N2O2/c1-11(2)18-8-4-7-16-14(17)13-6-3-5-12(9-13)10-15/h3,5-6,9,11H,4,7-8H2,1-2H3,(H,16,17). The Kier molecular flexibility index (Phi) is 5.89. The number of hydrogen-bond acceptors (Lipinski definition) is 3. The van der Waals surface area contributed by atoms with E-state index in [1.807, 2.05) is 19.9 Å². The number of carbonyl (C=O) groups excluding carboxylic acids is 1. The Morgan fingerprint density at radius 3 is 2.94 bits per heavy atom. The number of ether oxygens (including phenoxy) is 1. The molecule has 0 atom stereocenters. The van der Waals surface area contributed by atoms with Crippen molar-refractivity contribution in [2.75, 3.05) is 13.2 Å². The second-order valence-corrected chi connectivity index (χ2v) is 4.22.